The first-order valence-electron chi connectivity index (χ1n) is 7.15. The smallest absolute Gasteiger partial charge is 0.161 e. The molecule has 0 heterocycles. The highest BCUT2D eigenvalue weighted by atomic mass is 16.5. The zero-order valence-corrected chi connectivity index (χ0v) is 12.7. The van der Waals surface area contributed by atoms with E-state index in [1.165, 1.54) is 5.56 Å². The van der Waals surface area contributed by atoms with E-state index in [2.05, 4.69) is 17.3 Å². The van der Waals surface area contributed by atoms with Gasteiger partial charge >= 0.3 is 0 Å². The third-order valence-electron chi connectivity index (χ3n) is 2.84. The lowest BCUT2D eigenvalue weighted by molar-refractivity contribution is 0.230. The topological polar surface area (TPSA) is 30.5 Å². The van der Waals surface area contributed by atoms with Gasteiger partial charge in [-0.2, -0.15) is 0 Å². The number of benzene rings is 1. The second kappa shape index (κ2) is 9.28. The highest BCUT2D eigenvalue weighted by Gasteiger charge is 2.07. The molecule has 1 aromatic rings. The molecule has 0 aliphatic heterocycles. The summed E-state index contributed by atoms with van der Waals surface area (Å²) in [4.78, 5) is 0. The monoisotopic (exact) mass is 275 g/mol. The second-order valence-electron chi connectivity index (χ2n) is 4.99. The van der Waals surface area contributed by atoms with Crippen LogP contribution in [-0.4, -0.2) is 19.8 Å². The van der Waals surface area contributed by atoms with E-state index in [-0.39, 0.29) is 6.10 Å². The molecule has 0 unspecified atom stereocenters. The van der Waals surface area contributed by atoms with Crippen LogP contribution in [0.5, 0.6) is 11.5 Å². The molecule has 0 aliphatic rings. The standard InChI is InChI=1S/C17H25NO2/c1-5-6-7-8-11-18-13-15-9-10-16(20-14(2)3)17(12-15)19-4/h1,9-10,12,14,18H,6-8,11,13H2,2-4H3. The van der Waals surface area contributed by atoms with Crippen LogP contribution in [0, 0.1) is 12.3 Å². The van der Waals surface area contributed by atoms with Crippen molar-refractivity contribution in [1.82, 2.24) is 5.32 Å². The SMILES string of the molecule is C#CCCCCNCc1ccc(OC(C)C)c(OC)c1. The van der Waals surface area contributed by atoms with Gasteiger partial charge in [-0.25, -0.2) is 0 Å². The first-order chi connectivity index (χ1) is 9.67. The van der Waals surface area contributed by atoms with Crippen LogP contribution in [0.4, 0.5) is 0 Å². The van der Waals surface area contributed by atoms with Gasteiger partial charge in [0.2, 0.25) is 0 Å². The number of terminal acetylenes is 1. The molecule has 1 aromatic carbocycles. The van der Waals surface area contributed by atoms with Crippen molar-refractivity contribution in [3.63, 3.8) is 0 Å². The molecule has 0 saturated heterocycles. The van der Waals surface area contributed by atoms with Gasteiger partial charge in [-0.1, -0.05) is 6.07 Å². The molecule has 1 rings (SSSR count). The fraction of sp³-hybridized carbons (Fsp3) is 0.529. The molecule has 20 heavy (non-hydrogen) atoms. The molecule has 3 heteroatoms. The minimum Gasteiger partial charge on any atom is -0.493 e. The van der Waals surface area contributed by atoms with E-state index in [1.54, 1.807) is 7.11 Å². The molecular formula is C17H25NO2. The third-order valence-corrected chi connectivity index (χ3v) is 2.84. The van der Waals surface area contributed by atoms with Gasteiger partial charge in [0.05, 0.1) is 13.2 Å². The average molecular weight is 275 g/mol. The normalized spacial score (nSPS) is 10.3. The predicted octanol–water partition coefficient (Wildman–Crippen LogP) is 3.38. The maximum Gasteiger partial charge on any atom is 0.161 e. The number of ether oxygens (including phenoxy) is 2. The summed E-state index contributed by atoms with van der Waals surface area (Å²) >= 11 is 0. The van der Waals surface area contributed by atoms with Crippen molar-refractivity contribution < 1.29 is 9.47 Å². The van der Waals surface area contributed by atoms with Gasteiger partial charge in [-0.05, 0) is 50.9 Å². The molecule has 0 spiro atoms. The number of nitrogens with one attached hydrogen (secondary N) is 1. The molecule has 3 nitrogen and oxygen atoms in total. The maximum absolute atomic E-state index is 5.70. The molecule has 0 aliphatic carbocycles. The van der Waals surface area contributed by atoms with Gasteiger partial charge in [-0.15, -0.1) is 12.3 Å². The summed E-state index contributed by atoms with van der Waals surface area (Å²) in [7, 11) is 1.67. The summed E-state index contributed by atoms with van der Waals surface area (Å²) in [5, 5.41) is 3.41. The van der Waals surface area contributed by atoms with E-state index in [0.29, 0.717) is 0 Å². The highest BCUT2D eigenvalue weighted by molar-refractivity contribution is 5.43. The second-order valence-corrected chi connectivity index (χ2v) is 4.99. The molecule has 110 valence electrons. The van der Waals surface area contributed by atoms with Crippen LogP contribution in [0.3, 0.4) is 0 Å². The van der Waals surface area contributed by atoms with E-state index < -0.39 is 0 Å². The Morgan fingerprint density at radius 2 is 2.05 bits per heavy atom. The summed E-state index contributed by atoms with van der Waals surface area (Å²) in [6, 6.07) is 6.05. The maximum atomic E-state index is 5.70. The van der Waals surface area contributed by atoms with E-state index in [0.717, 1.165) is 43.9 Å². The predicted molar refractivity (Wildman–Crippen MR) is 83.1 cm³/mol. The Balaban J connectivity index is 2.45. The van der Waals surface area contributed by atoms with Gasteiger partial charge < -0.3 is 14.8 Å². The Bertz CT molecular complexity index is 435. The van der Waals surface area contributed by atoms with Crippen molar-refractivity contribution in [1.29, 1.82) is 0 Å². The Labute approximate surface area is 122 Å². The summed E-state index contributed by atoms with van der Waals surface area (Å²) in [5.74, 6) is 4.23. The van der Waals surface area contributed by atoms with Crippen LogP contribution in [0.25, 0.3) is 0 Å². The van der Waals surface area contributed by atoms with Crippen LogP contribution in [0.2, 0.25) is 0 Å². The van der Waals surface area contributed by atoms with Crippen LogP contribution in [0.15, 0.2) is 18.2 Å². The summed E-state index contributed by atoms with van der Waals surface area (Å²) in [6.45, 7) is 5.82. The zero-order chi connectivity index (χ0) is 14.8. The van der Waals surface area contributed by atoms with E-state index >= 15 is 0 Å². The minimum atomic E-state index is 0.143. The Hall–Kier alpha value is -1.66. The Morgan fingerprint density at radius 1 is 1.25 bits per heavy atom. The van der Waals surface area contributed by atoms with Crippen molar-refractivity contribution in [2.24, 2.45) is 0 Å². The van der Waals surface area contributed by atoms with Crippen LogP contribution < -0.4 is 14.8 Å². The average Bonchev–Trinajstić information content (AvgIpc) is 2.43. The fourth-order valence-electron chi connectivity index (χ4n) is 1.88. The van der Waals surface area contributed by atoms with Crippen molar-refractivity contribution in [3.8, 4) is 23.8 Å². The summed E-state index contributed by atoms with van der Waals surface area (Å²) < 4.78 is 11.1. The number of unbranched alkanes of at least 4 members (excludes halogenated alkanes) is 2. The molecule has 1 N–H and O–H groups in total. The van der Waals surface area contributed by atoms with E-state index in [4.69, 9.17) is 15.9 Å². The van der Waals surface area contributed by atoms with Gasteiger partial charge in [0, 0.05) is 13.0 Å². The third kappa shape index (κ3) is 5.99. The first-order valence-corrected chi connectivity index (χ1v) is 7.15. The lowest BCUT2D eigenvalue weighted by Crippen LogP contribution is -2.14. The van der Waals surface area contributed by atoms with E-state index in [9.17, 15) is 0 Å². The largest absolute Gasteiger partial charge is 0.493 e. The number of rotatable bonds is 9. The van der Waals surface area contributed by atoms with Gasteiger partial charge in [-0.3, -0.25) is 0 Å². The molecular weight excluding hydrogens is 250 g/mol. The van der Waals surface area contributed by atoms with Crippen LogP contribution in [-0.2, 0) is 6.54 Å². The molecule has 0 amide bonds. The highest BCUT2D eigenvalue weighted by Crippen LogP contribution is 2.28. The van der Waals surface area contributed by atoms with Crippen molar-refractivity contribution in [2.75, 3.05) is 13.7 Å². The lowest BCUT2D eigenvalue weighted by atomic mass is 10.2. The van der Waals surface area contributed by atoms with Crippen LogP contribution in [0.1, 0.15) is 38.7 Å². The van der Waals surface area contributed by atoms with Gasteiger partial charge in [0.1, 0.15) is 0 Å². The Kier molecular flexibility index (Phi) is 7.60. The summed E-state index contributed by atoms with van der Waals surface area (Å²) in [6.07, 6.45) is 8.40. The Morgan fingerprint density at radius 3 is 2.70 bits per heavy atom. The molecule has 0 fully saturated rings. The fourth-order valence-corrected chi connectivity index (χ4v) is 1.88. The van der Waals surface area contributed by atoms with Gasteiger partial charge in [0.15, 0.2) is 11.5 Å². The summed E-state index contributed by atoms with van der Waals surface area (Å²) in [5.41, 5.74) is 1.19. The van der Waals surface area contributed by atoms with Crippen LogP contribution >= 0.6 is 0 Å². The van der Waals surface area contributed by atoms with Crippen molar-refractivity contribution in [2.45, 2.75) is 45.8 Å². The zero-order valence-electron chi connectivity index (χ0n) is 12.7. The number of methoxy groups -OCH3 is 1. The van der Waals surface area contributed by atoms with E-state index in [1.807, 2.05) is 26.0 Å². The molecule has 0 radical (unpaired) electrons. The molecule has 0 atom stereocenters. The van der Waals surface area contributed by atoms with Crippen molar-refractivity contribution >= 4 is 0 Å². The quantitative estimate of drug-likeness (QED) is 0.553. The number of hydrogen-bond donors (Lipinski definition) is 1. The van der Waals surface area contributed by atoms with Crippen molar-refractivity contribution in [3.05, 3.63) is 23.8 Å². The minimum absolute atomic E-state index is 0.143. The number of hydrogen-bond acceptors (Lipinski definition) is 3. The van der Waals surface area contributed by atoms with Gasteiger partial charge in [0.25, 0.3) is 0 Å². The molecule has 0 saturated carbocycles. The lowest BCUT2D eigenvalue weighted by Gasteiger charge is -2.14. The molecule has 0 bridgehead atoms. The molecule has 0 aromatic heterocycles. The first kappa shape index (κ1) is 16.4.